The normalized spacial score (nSPS) is 11.4. The summed E-state index contributed by atoms with van der Waals surface area (Å²) >= 11 is 7.86. The molecule has 0 aliphatic carbocycles. The van der Waals surface area contributed by atoms with Crippen molar-refractivity contribution in [1.29, 1.82) is 0 Å². The molecule has 1 amide bonds. The maximum absolute atomic E-state index is 12.6. The molecule has 0 unspecified atom stereocenters. The van der Waals surface area contributed by atoms with E-state index in [4.69, 9.17) is 21.3 Å². The summed E-state index contributed by atoms with van der Waals surface area (Å²) in [5, 5.41) is 20.3. The highest BCUT2D eigenvalue weighted by Crippen LogP contribution is 2.32. The van der Waals surface area contributed by atoms with Crippen molar-refractivity contribution in [3.05, 3.63) is 98.9 Å². The number of nitrogens with zero attached hydrogens (tertiary/aromatic N) is 5. The Bertz CT molecular complexity index is 1850. The molecule has 9 nitrogen and oxygen atoms in total. The Morgan fingerprint density at radius 2 is 1.88 bits per heavy atom. The zero-order valence-electron chi connectivity index (χ0n) is 23.4. The lowest BCUT2D eigenvalue weighted by atomic mass is 9.99. The van der Waals surface area contributed by atoms with Gasteiger partial charge in [0.1, 0.15) is 5.75 Å². The van der Waals surface area contributed by atoms with Crippen molar-refractivity contribution >= 4 is 50.0 Å². The van der Waals surface area contributed by atoms with Gasteiger partial charge >= 0.3 is 0 Å². The Hall–Kier alpha value is -4.28. The average Bonchev–Trinajstić information content (AvgIpc) is 3.75. The third-order valence-electron chi connectivity index (χ3n) is 7.52. The smallest absolute Gasteiger partial charge is 0.251 e. The van der Waals surface area contributed by atoms with Gasteiger partial charge in [0.25, 0.3) is 5.91 Å². The van der Waals surface area contributed by atoms with Crippen molar-refractivity contribution in [2.45, 2.75) is 38.6 Å². The third kappa shape index (κ3) is 5.86. The number of rotatable bonds is 11. The summed E-state index contributed by atoms with van der Waals surface area (Å²) in [7, 11) is 3.33. The van der Waals surface area contributed by atoms with Gasteiger partial charge in [-0.05, 0) is 72.9 Å². The molecular formula is C31H30ClN7O2S. The van der Waals surface area contributed by atoms with Gasteiger partial charge in [0, 0.05) is 59.7 Å². The van der Waals surface area contributed by atoms with E-state index in [1.807, 2.05) is 36.4 Å². The van der Waals surface area contributed by atoms with Crippen LogP contribution in [0.25, 0.3) is 21.1 Å². The van der Waals surface area contributed by atoms with Crippen molar-refractivity contribution in [2.75, 3.05) is 14.2 Å². The van der Waals surface area contributed by atoms with Crippen LogP contribution in [0, 0.1) is 0 Å². The van der Waals surface area contributed by atoms with Gasteiger partial charge in [-0.15, -0.1) is 21.5 Å². The number of aromatic nitrogens is 6. The molecule has 0 aliphatic heterocycles. The maximum atomic E-state index is 12.6. The van der Waals surface area contributed by atoms with E-state index >= 15 is 0 Å². The summed E-state index contributed by atoms with van der Waals surface area (Å²) in [6.45, 7) is 0.683. The van der Waals surface area contributed by atoms with Gasteiger partial charge in [-0.1, -0.05) is 28.9 Å². The van der Waals surface area contributed by atoms with Crippen molar-refractivity contribution in [2.24, 2.45) is 0 Å². The number of nitrogens with one attached hydrogen (secondary N) is 2. The number of halogens is 1. The lowest BCUT2D eigenvalue weighted by Gasteiger charge is -2.12. The first-order valence-corrected chi connectivity index (χ1v) is 15.0. The molecule has 0 radical (unpaired) electrons. The summed E-state index contributed by atoms with van der Waals surface area (Å²) in [4.78, 5) is 17.5. The Balaban J connectivity index is 1.41. The van der Waals surface area contributed by atoms with Crippen molar-refractivity contribution < 1.29 is 9.53 Å². The van der Waals surface area contributed by atoms with E-state index < -0.39 is 0 Å². The fourth-order valence-electron chi connectivity index (χ4n) is 5.42. The van der Waals surface area contributed by atoms with Gasteiger partial charge in [0.15, 0.2) is 5.82 Å². The largest absolute Gasteiger partial charge is 0.497 e. The number of amides is 1. The average molecular weight is 600 g/mol. The number of carbonyl (C=O) groups excluding carboxylic acids is 1. The van der Waals surface area contributed by atoms with Gasteiger partial charge in [0.05, 0.1) is 22.3 Å². The van der Waals surface area contributed by atoms with Crippen LogP contribution in [0.2, 0.25) is 5.02 Å². The number of ether oxygens (including phenoxy) is 1. The van der Waals surface area contributed by atoms with Crippen LogP contribution in [0.15, 0.2) is 60.7 Å². The first kappa shape index (κ1) is 27.9. The summed E-state index contributed by atoms with van der Waals surface area (Å²) < 4.78 is 8.89. The number of H-pyrrole nitrogens is 1. The van der Waals surface area contributed by atoms with E-state index in [1.54, 1.807) is 25.5 Å². The molecule has 0 aliphatic rings. The van der Waals surface area contributed by atoms with Gasteiger partial charge in [-0.25, -0.2) is 4.98 Å². The molecule has 6 rings (SSSR count). The number of benzene rings is 3. The van der Waals surface area contributed by atoms with Crippen LogP contribution < -0.4 is 10.1 Å². The molecule has 2 N–H and O–H groups in total. The SMILES string of the molecule is CNC(=O)c1ccc2c(c1)c(CCc1ccc(Cl)cc1)c(CCc1nc3cc(OC)ccc3s1)n2CCc1nn[nH]n1. The first-order chi connectivity index (χ1) is 20.5. The highest BCUT2D eigenvalue weighted by atomic mass is 35.5. The van der Waals surface area contributed by atoms with Crippen LogP contribution in [0.4, 0.5) is 0 Å². The molecule has 3 heterocycles. The quantitative estimate of drug-likeness (QED) is 0.201. The molecule has 6 aromatic rings. The van der Waals surface area contributed by atoms with Crippen molar-refractivity contribution in [3.8, 4) is 5.75 Å². The molecule has 0 atom stereocenters. The van der Waals surface area contributed by atoms with Gasteiger partial charge in [0.2, 0.25) is 0 Å². The van der Waals surface area contributed by atoms with Crippen LogP contribution in [-0.4, -0.2) is 50.2 Å². The molecule has 0 spiro atoms. The number of aryl methyl sites for hydroxylation is 5. The van der Waals surface area contributed by atoms with Gasteiger partial charge in [-0.3, -0.25) is 4.79 Å². The molecule has 214 valence electrons. The molecular weight excluding hydrogens is 570 g/mol. The molecule has 42 heavy (non-hydrogen) atoms. The van der Waals surface area contributed by atoms with Crippen LogP contribution in [0.1, 0.15) is 38.0 Å². The van der Waals surface area contributed by atoms with Crippen LogP contribution in [0.5, 0.6) is 5.75 Å². The van der Waals surface area contributed by atoms with Crippen LogP contribution in [0.3, 0.4) is 0 Å². The Morgan fingerprint density at radius 3 is 2.64 bits per heavy atom. The minimum Gasteiger partial charge on any atom is -0.497 e. The zero-order valence-corrected chi connectivity index (χ0v) is 24.9. The molecule has 3 aromatic heterocycles. The molecule has 0 bridgehead atoms. The molecule has 11 heteroatoms. The first-order valence-electron chi connectivity index (χ1n) is 13.8. The Labute approximate surface area is 251 Å². The van der Waals surface area contributed by atoms with E-state index in [2.05, 4.69) is 54.8 Å². The second-order valence-corrected chi connectivity index (χ2v) is 11.6. The Kier molecular flexibility index (Phi) is 8.16. The maximum Gasteiger partial charge on any atom is 0.251 e. The summed E-state index contributed by atoms with van der Waals surface area (Å²) in [6, 6.07) is 20.0. The molecule has 3 aromatic carbocycles. The number of hydrogen-bond acceptors (Lipinski definition) is 7. The number of methoxy groups -OCH3 is 1. The predicted molar refractivity (Wildman–Crippen MR) is 166 cm³/mol. The number of fused-ring (bicyclic) bond motifs is 2. The standard InChI is InChI=1S/C31H30ClN7O2S/c1-33-31(40)20-6-11-27-24(17-20)23(10-5-19-3-7-21(32)8-4-19)26(39(27)16-15-29-35-37-38-36-29)12-14-30-34-25-18-22(41-2)9-13-28(25)42-30/h3-4,6-9,11,13,17-18H,5,10,12,14-16H2,1-2H3,(H,33,40)(H,35,36,37,38). The second-order valence-electron chi connectivity index (χ2n) is 10.0. The Morgan fingerprint density at radius 1 is 1.02 bits per heavy atom. The van der Waals surface area contributed by atoms with E-state index in [0.29, 0.717) is 24.4 Å². The second kappa shape index (κ2) is 12.3. The third-order valence-corrected chi connectivity index (χ3v) is 8.86. The van der Waals surface area contributed by atoms with E-state index in [9.17, 15) is 4.79 Å². The van der Waals surface area contributed by atoms with Crippen molar-refractivity contribution in [1.82, 2.24) is 35.5 Å². The molecule has 0 saturated carbocycles. The minimum atomic E-state index is -0.105. The predicted octanol–water partition coefficient (Wildman–Crippen LogP) is 5.60. The summed E-state index contributed by atoms with van der Waals surface area (Å²) in [6.07, 6.45) is 3.87. The fourth-order valence-corrected chi connectivity index (χ4v) is 6.49. The minimum absolute atomic E-state index is 0.105. The lowest BCUT2D eigenvalue weighted by molar-refractivity contribution is 0.0963. The summed E-state index contributed by atoms with van der Waals surface area (Å²) in [5.74, 6) is 1.36. The summed E-state index contributed by atoms with van der Waals surface area (Å²) in [5.41, 5.74) is 6.35. The fraction of sp³-hybridized carbons (Fsp3) is 0.258. The number of hydrogen-bond donors (Lipinski definition) is 2. The number of tetrazole rings is 1. The highest BCUT2D eigenvalue weighted by Gasteiger charge is 2.20. The topological polar surface area (TPSA) is 111 Å². The van der Waals surface area contributed by atoms with E-state index in [0.717, 1.165) is 62.6 Å². The number of aromatic amines is 1. The number of thiazole rings is 1. The zero-order chi connectivity index (χ0) is 29.1. The van der Waals surface area contributed by atoms with Gasteiger partial charge < -0.3 is 14.6 Å². The van der Waals surface area contributed by atoms with E-state index in [-0.39, 0.29) is 5.91 Å². The van der Waals surface area contributed by atoms with Crippen LogP contribution in [-0.2, 0) is 38.6 Å². The molecule has 0 saturated heterocycles. The highest BCUT2D eigenvalue weighted by molar-refractivity contribution is 7.18. The molecule has 0 fully saturated rings. The van der Waals surface area contributed by atoms with Crippen molar-refractivity contribution in [3.63, 3.8) is 0 Å². The van der Waals surface area contributed by atoms with E-state index in [1.165, 1.54) is 16.8 Å². The monoisotopic (exact) mass is 599 g/mol. The lowest BCUT2D eigenvalue weighted by Crippen LogP contribution is -2.17. The number of carbonyl (C=O) groups is 1. The van der Waals surface area contributed by atoms with Gasteiger partial charge in [-0.2, -0.15) is 5.21 Å². The van der Waals surface area contributed by atoms with Crippen LogP contribution >= 0.6 is 22.9 Å².